The minimum Gasteiger partial charge on any atom is -0.368 e. The molecule has 0 radical (unpaired) electrons. The lowest BCUT2D eigenvalue weighted by Gasteiger charge is -2.56. The number of nitrogens with zero attached hydrogens (tertiary/aromatic N) is 4. The number of benzene rings is 1. The Morgan fingerprint density at radius 1 is 0.906 bits per heavy atom. The Kier molecular flexibility index (Phi) is 4.83. The van der Waals surface area contributed by atoms with Crippen molar-refractivity contribution in [2.75, 3.05) is 36.0 Å². The molecule has 0 unspecified atom stereocenters. The summed E-state index contributed by atoms with van der Waals surface area (Å²) in [5.74, 6) is 2.31. The van der Waals surface area contributed by atoms with Crippen LogP contribution in [0.4, 0.5) is 11.4 Å². The molecule has 2 aromatic rings. The lowest BCUT2D eigenvalue weighted by molar-refractivity contribution is -0.0518. The first-order valence-electron chi connectivity index (χ1n) is 12.3. The van der Waals surface area contributed by atoms with Crippen LogP contribution in [0.5, 0.6) is 0 Å². The molecular weight excluding hydrogens is 420 g/mol. The summed E-state index contributed by atoms with van der Waals surface area (Å²) in [5.41, 5.74) is 4.62. The predicted molar refractivity (Wildman–Crippen MR) is 130 cm³/mol. The van der Waals surface area contributed by atoms with Gasteiger partial charge in [0.25, 0.3) is 5.56 Å². The number of hydrogen-bond donors (Lipinski definition) is 0. The molecule has 1 aliphatic heterocycles. The second kappa shape index (κ2) is 7.51. The number of aryl methyl sites for hydroxylation is 1. The van der Waals surface area contributed by atoms with Gasteiger partial charge in [-0.3, -0.25) is 4.79 Å². The molecule has 5 nitrogen and oxygen atoms in total. The van der Waals surface area contributed by atoms with Crippen molar-refractivity contribution in [2.24, 2.45) is 17.8 Å². The van der Waals surface area contributed by atoms with Crippen LogP contribution in [0.3, 0.4) is 0 Å². The topological polar surface area (TPSA) is 41.4 Å². The second-order valence-corrected chi connectivity index (χ2v) is 11.3. The van der Waals surface area contributed by atoms with Gasteiger partial charge in [0.2, 0.25) is 0 Å². The lowest BCUT2D eigenvalue weighted by atomic mass is 9.53. The zero-order valence-electron chi connectivity index (χ0n) is 19.2. The molecule has 4 saturated carbocycles. The van der Waals surface area contributed by atoms with Gasteiger partial charge in [-0.25, -0.2) is 4.68 Å². The van der Waals surface area contributed by atoms with E-state index in [9.17, 15) is 4.79 Å². The summed E-state index contributed by atoms with van der Waals surface area (Å²) in [6.45, 7) is 7.88. The van der Waals surface area contributed by atoms with Crippen molar-refractivity contribution in [2.45, 2.75) is 57.9 Å². The fourth-order valence-corrected chi connectivity index (χ4v) is 7.82. The molecule has 6 heteroatoms. The molecule has 32 heavy (non-hydrogen) atoms. The average Bonchev–Trinajstić information content (AvgIpc) is 2.77. The molecule has 5 aliphatic rings. The summed E-state index contributed by atoms with van der Waals surface area (Å²) in [6, 6.07) is 6.51. The fourth-order valence-electron chi connectivity index (χ4n) is 7.57. The van der Waals surface area contributed by atoms with Crippen molar-refractivity contribution in [3.05, 3.63) is 50.9 Å². The first-order valence-corrected chi connectivity index (χ1v) is 12.7. The molecule has 0 N–H and O–H groups in total. The Bertz CT molecular complexity index is 1070. The monoisotopic (exact) mass is 452 g/mol. The Balaban J connectivity index is 1.23. The molecule has 0 atom stereocenters. The molecular formula is C26H33ClN4O. The maximum atomic E-state index is 13.4. The van der Waals surface area contributed by atoms with Crippen LogP contribution in [-0.4, -0.2) is 36.0 Å². The minimum atomic E-state index is -0.0879. The largest absolute Gasteiger partial charge is 0.368 e. The van der Waals surface area contributed by atoms with Gasteiger partial charge in [0.05, 0.1) is 17.4 Å². The maximum Gasteiger partial charge on any atom is 0.288 e. The molecule has 1 saturated heterocycles. The van der Waals surface area contributed by atoms with Crippen LogP contribution in [0, 0.1) is 31.6 Å². The first-order chi connectivity index (χ1) is 15.4. The van der Waals surface area contributed by atoms with Gasteiger partial charge in [-0.05, 0) is 87.3 Å². The van der Waals surface area contributed by atoms with E-state index in [0.717, 1.165) is 68.9 Å². The number of rotatable bonds is 3. The van der Waals surface area contributed by atoms with Gasteiger partial charge in [0.15, 0.2) is 0 Å². The van der Waals surface area contributed by atoms with Gasteiger partial charge in [0.1, 0.15) is 5.02 Å². The minimum absolute atomic E-state index is 0.0805. The zero-order chi connectivity index (χ0) is 22.0. The van der Waals surface area contributed by atoms with Gasteiger partial charge in [0, 0.05) is 31.9 Å². The lowest BCUT2D eigenvalue weighted by Crippen LogP contribution is -2.55. The summed E-state index contributed by atoms with van der Waals surface area (Å²) in [6.07, 6.45) is 9.25. The highest BCUT2D eigenvalue weighted by Gasteiger charge is 2.53. The van der Waals surface area contributed by atoms with E-state index >= 15 is 0 Å². The van der Waals surface area contributed by atoms with Gasteiger partial charge in [-0.15, -0.1) is 0 Å². The van der Waals surface area contributed by atoms with E-state index in [-0.39, 0.29) is 11.1 Å². The fraction of sp³-hybridized carbons (Fsp3) is 0.615. The smallest absolute Gasteiger partial charge is 0.288 e. The van der Waals surface area contributed by atoms with E-state index in [4.69, 9.17) is 16.7 Å². The van der Waals surface area contributed by atoms with Crippen molar-refractivity contribution >= 4 is 23.0 Å². The summed E-state index contributed by atoms with van der Waals surface area (Å²) in [7, 11) is 0. The normalized spacial score (nSPS) is 31.4. The average molecular weight is 453 g/mol. The maximum absolute atomic E-state index is 13.4. The predicted octanol–water partition coefficient (Wildman–Crippen LogP) is 4.77. The van der Waals surface area contributed by atoms with Crippen LogP contribution in [0.2, 0.25) is 5.02 Å². The van der Waals surface area contributed by atoms with Crippen LogP contribution in [0.1, 0.15) is 49.7 Å². The van der Waals surface area contributed by atoms with Crippen LogP contribution in [-0.2, 0) is 5.54 Å². The molecule has 170 valence electrons. The summed E-state index contributed by atoms with van der Waals surface area (Å²) in [5, 5.41) is 5.13. The molecule has 2 heterocycles. The molecule has 4 bridgehead atoms. The van der Waals surface area contributed by atoms with Gasteiger partial charge < -0.3 is 9.80 Å². The van der Waals surface area contributed by atoms with Crippen LogP contribution >= 0.6 is 11.6 Å². The van der Waals surface area contributed by atoms with Crippen molar-refractivity contribution in [3.63, 3.8) is 0 Å². The van der Waals surface area contributed by atoms with Gasteiger partial charge >= 0.3 is 0 Å². The third-order valence-corrected chi connectivity index (χ3v) is 9.25. The van der Waals surface area contributed by atoms with Crippen LogP contribution < -0.4 is 15.4 Å². The highest BCUT2D eigenvalue weighted by molar-refractivity contribution is 6.33. The van der Waals surface area contributed by atoms with Crippen LogP contribution in [0.15, 0.2) is 29.2 Å². The van der Waals surface area contributed by atoms with Crippen LogP contribution in [0.25, 0.3) is 0 Å². The van der Waals surface area contributed by atoms with E-state index in [1.54, 1.807) is 4.68 Å². The molecule has 5 fully saturated rings. The number of piperazine rings is 1. The highest BCUT2D eigenvalue weighted by atomic mass is 35.5. The van der Waals surface area contributed by atoms with Crippen molar-refractivity contribution < 1.29 is 0 Å². The zero-order valence-corrected chi connectivity index (χ0v) is 19.9. The number of aromatic nitrogens is 2. The second-order valence-electron chi connectivity index (χ2n) is 10.9. The summed E-state index contributed by atoms with van der Waals surface area (Å²) in [4.78, 5) is 18.1. The van der Waals surface area contributed by atoms with Gasteiger partial charge in [-0.2, -0.15) is 5.10 Å². The van der Waals surface area contributed by atoms with E-state index < -0.39 is 0 Å². The van der Waals surface area contributed by atoms with E-state index in [1.807, 2.05) is 6.20 Å². The first kappa shape index (κ1) is 20.6. The van der Waals surface area contributed by atoms with E-state index in [1.165, 1.54) is 36.1 Å². The Hall–Kier alpha value is -2.01. The number of anilines is 2. The third-order valence-electron chi connectivity index (χ3n) is 8.89. The molecule has 1 aromatic heterocycles. The van der Waals surface area contributed by atoms with E-state index in [0.29, 0.717) is 5.02 Å². The molecule has 4 aliphatic carbocycles. The summed E-state index contributed by atoms with van der Waals surface area (Å²) >= 11 is 6.74. The molecule has 0 spiro atoms. The Morgan fingerprint density at radius 3 is 2.06 bits per heavy atom. The van der Waals surface area contributed by atoms with Gasteiger partial charge in [-0.1, -0.05) is 23.7 Å². The summed E-state index contributed by atoms with van der Waals surface area (Å²) < 4.78 is 1.80. The highest BCUT2D eigenvalue weighted by Crippen LogP contribution is 2.58. The van der Waals surface area contributed by atoms with Crippen molar-refractivity contribution in [1.29, 1.82) is 0 Å². The van der Waals surface area contributed by atoms with Crippen molar-refractivity contribution in [1.82, 2.24) is 9.78 Å². The molecule has 7 rings (SSSR count). The number of halogens is 1. The number of hydrogen-bond acceptors (Lipinski definition) is 4. The molecule has 1 aromatic carbocycles. The van der Waals surface area contributed by atoms with Crippen molar-refractivity contribution in [3.8, 4) is 0 Å². The Labute approximate surface area is 195 Å². The van der Waals surface area contributed by atoms with E-state index in [2.05, 4.69) is 41.8 Å². The third kappa shape index (κ3) is 3.19. The Morgan fingerprint density at radius 2 is 1.47 bits per heavy atom. The quantitative estimate of drug-likeness (QED) is 0.672. The SMILES string of the molecule is Cc1cccc(N2CCN(c3cnn(C45CC6CC(CC(C6)C4)C5)c(=O)c3Cl)CC2)c1C. The molecule has 0 amide bonds. The standard InChI is InChI=1S/C26H33ClN4O/c1-17-4-3-5-22(18(17)2)29-6-8-30(9-7-29)23-16-28-31(25(32)24(23)27)26-13-19-10-20(14-26)12-21(11-19)15-26/h3-5,16,19-21H,6-15H2,1-2H3.